The van der Waals surface area contributed by atoms with Crippen molar-refractivity contribution in [2.24, 2.45) is 0 Å². The summed E-state index contributed by atoms with van der Waals surface area (Å²) in [6.45, 7) is 0.178. The van der Waals surface area contributed by atoms with Gasteiger partial charge in [-0.3, -0.25) is 0 Å². The van der Waals surface area contributed by atoms with Crippen molar-refractivity contribution in [1.29, 1.82) is 0 Å². The number of hydrogen-bond donors (Lipinski definition) is 1. The highest BCUT2D eigenvalue weighted by molar-refractivity contribution is 6.31. The van der Waals surface area contributed by atoms with Crippen LogP contribution in [-0.4, -0.2) is 22.4 Å². The number of rotatable bonds is 2. The maximum atomic E-state index is 11.1. The van der Waals surface area contributed by atoms with E-state index in [2.05, 4.69) is 0 Å². The minimum absolute atomic E-state index is 0.0962. The number of halogens is 1. The number of carbonyl (C=O) groups is 1. The second kappa shape index (κ2) is 3.96. The first-order valence-electron chi connectivity index (χ1n) is 5.16. The molecule has 2 aromatic rings. The van der Waals surface area contributed by atoms with Crippen LogP contribution in [-0.2, 0) is 0 Å². The van der Waals surface area contributed by atoms with Gasteiger partial charge in [0.2, 0.25) is 6.79 Å². The molecule has 0 radical (unpaired) electrons. The smallest absolute Gasteiger partial charge is 0.352 e. The Balaban J connectivity index is 2.12. The van der Waals surface area contributed by atoms with Gasteiger partial charge in [-0.15, -0.1) is 0 Å². The number of aromatic carboxylic acids is 1. The van der Waals surface area contributed by atoms with E-state index in [4.69, 9.17) is 26.2 Å². The van der Waals surface area contributed by atoms with Gasteiger partial charge in [0.15, 0.2) is 11.5 Å². The molecule has 1 aromatic heterocycles. The zero-order chi connectivity index (χ0) is 12.7. The second-order valence-electron chi connectivity index (χ2n) is 3.76. The number of benzene rings is 1. The summed E-state index contributed by atoms with van der Waals surface area (Å²) in [4.78, 5) is 11.1. The van der Waals surface area contributed by atoms with E-state index in [0.29, 0.717) is 22.2 Å². The average molecular weight is 266 g/mol. The van der Waals surface area contributed by atoms with Crippen molar-refractivity contribution in [3.8, 4) is 17.2 Å². The molecule has 92 valence electrons. The molecule has 0 atom stereocenters. The standard InChI is InChI=1S/C12H8ClNO4/c13-7-3-9(12(15)16)14(5-7)8-1-2-10-11(4-8)18-6-17-10/h1-5H,6H2,(H,15,16). The molecule has 1 aliphatic rings. The molecular formula is C12H8ClNO4. The summed E-state index contributed by atoms with van der Waals surface area (Å²) in [7, 11) is 0. The van der Waals surface area contributed by atoms with Crippen molar-refractivity contribution >= 4 is 17.6 Å². The third-order valence-corrected chi connectivity index (χ3v) is 2.85. The summed E-state index contributed by atoms with van der Waals surface area (Å²) in [5.41, 5.74) is 0.752. The van der Waals surface area contributed by atoms with Crippen molar-refractivity contribution in [2.75, 3.05) is 6.79 Å². The Morgan fingerprint density at radius 3 is 2.83 bits per heavy atom. The topological polar surface area (TPSA) is 60.7 Å². The Morgan fingerprint density at radius 1 is 1.28 bits per heavy atom. The van der Waals surface area contributed by atoms with Crippen LogP contribution in [0.1, 0.15) is 10.5 Å². The lowest BCUT2D eigenvalue weighted by atomic mass is 10.2. The van der Waals surface area contributed by atoms with E-state index in [1.54, 1.807) is 24.4 Å². The van der Waals surface area contributed by atoms with Crippen molar-refractivity contribution in [3.63, 3.8) is 0 Å². The Bertz CT molecular complexity index is 635. The Labute approximate surface area is 107 Å². The van der Waals surface area contributed by atoms with Gasteiger partial charge in [0.05, 0.1) is 5.02 Å². The van der Waals surface area contributed by atoms with Crippen LogP contribution in [0.5, 0.6) is 11.5 Å². The van der Waals surface area contributed by atoms with Crippen LogP contribution < -0.4 is 9.47 Å². The quantitative estimate of drug-likeness (QED) is 0.906. The summed E-state index contributed by atoms with van der Waals surface area (Å²) < 4.78 is 11.9. The van der Waals surface area contributed by atoms with E-state index in [0.717, 1.165) is 0 Å². The van der Waals surface area contributed by atoms with Crippen molar-refractivity contribution in [1.82, 2.24) is 4.57 Å². The van der Waals surface area contributed by atoms with Crippen LogP contribution in [0.2, 0.25) is 5.02 Å². The van der Waals surface area contributed by atoms with Gasteiger partial charge in [-0.2, -0.15) is 0 Å². The van der Waals surface area contributed by atoms with Gasteiger partial charge < -0.3 is 19.1 Å². The van der Waals surface area contributed by atoms with Gasteiger partial charge in [0, 0.05) is 18.0 Å². The molecule has 0 amide bonds. The highest BCUT2D eigenvalue weighted by Gasteiger charge is 2.17. The highest BCUT2D eigenvalue weighted by atomic mass is 35.5. The summed E-state index contributed by atoms with van der Waals surface area (Å²) in [6, 6.07) is 6.59. The Hall–Kier alpha value is -2.14. The number of fused-ring (bicyclic) bond motifs is 1. The number of hydrogen-bond acceptors (Lipinski definition) is 3. The minimum atomic E-state index is -1.04. The molecule has 0 unspecified atom stereocenters. The van der Waals surface area contributed by atoms with Crippen LogP contribution in [0, 0.1) is 0 Å². The molecule has 18 heavy (non-hydrogen) atoms. The van der Waals surface area contributed by atoms with Gasteiger partial charge >= 0.3 is 5.97 Å². The van der Waals surface area contributed by atoms with E-state index in [9.17, 15) is 4.79 Å². The molecule has 3 rings (SSSR count). The molecular weight excluding hydrogens is 258 g/mol. The fraction of sp³-hybridized carbons (Fsp3) is 0.0833. The number of aromatic nitrogens is 1. The van der Waals surface area contributed by atoms with Gasteiger partial charge in [-0.05, 0) is 18.2 Å². The summed E-state index contributed by atoms with van der Waals surface area (Å²) in [5, 5.41) is 9.46. The van der Waals surface area contributed by atoms with Crippen LogP contribution in [0.4, 0.5) is 0 Å². The first-order chi connectivity index (χ1) is 8.65. The maximum absolute atomic E-state index is 11.1. The van der Waals surface area contributed by atoms with Gasteiger partial charge in [0.25, 0.3) is 0 Å². The molecule has 0 fully saturated rings. The molecule has 2 heterocycles. The van der Waals surface area contributed by atoms with Gasteiger partial charge in [-0.1, -0.05) is 11.6 Å². The molecule has 6 heteroatoms. The normalized spacial score (nSPS) is 12.7. The maximum Gasteiger partial charge on any atom is 0.352 e. The number of carboxylic acid groups (broad SMARTS) is 1. The van der Waals surface area contributed by atoms with E-state index in [1.807, 2.05) is 0 Å². The molecule has 0 saturated carbocycles. The third kappa shape index (κ3) is 1.69. The molecule has 1 N–H and O–H groups in total. The number of nitrogens with zero attached hydrogens (tertiary/aromatic N) is 1. The summed E-state index contributed by atoms with van der Waals surface area (Å²) in [5.74, 6) is 0.196. The molecule has 1 aromatic carbocycles. The van der Waals surface area contributed by atoms with Crippen molar-refractivity contribution < 1.29 is 19.4 Å². The van der Waals surface area contributed by atoms with E-state index < -0.39 is 5.97 Å². The lowest BCUT2D eigenvalue weighted by molar-refractivity contribution is 0.0688. The molecule has 1 aliphatic heterocycles. The first kappa shape index (κ1) is 11.0. The first-order valence-corrected chi connectivity index (χ1v) is 5.54. The summed E-state index contributed by atoms with van der Waals surface area (Å²) in [6.07, 6.45) is 1.54. The average Bonchev–Trinajstić information content (AvgIpc) is 2.93. The van der Waals surface area contributed by atoms with Crippen molar-refractivity contribution in [2.45, 2.75) is 0 Å². The van der Waals surface area contributed by atoms with E-state index >= 15 is 0 Å². The second-order valence-corrected chi connectivity index (χ2v) is 4.19. The zero-order valence-corrected chi connectivity index (χ0v) is 9.85. The van der Waals surface area contributed by atoms with E-state index in [1.165, 1.54) is 10.6 Å². The molecule has 0 spiro atoms. The monoisotopic (exact) mass is 265 g/mol. The molecule has 0 aliphatic carbocycles. The van der Waals surface area contributed by atoms with Gasteiger partial charge in [0.1, 0.15) is 5.69 Å². The minimum Gasteiger partial charge on any atom is -0.477 e. The largest absolute Gasteiger partial charge is 0.477 e. The Morgan fingerprint density at radius 2 is 2.06 bits per heavy atom. The molecule has 0 saturated heterocycles. The fourth-order valence-electron chi connectivity index (χ4n) is 1.84. The van der Waals surface area contributed by atoms with Crippen LogP contribution in [0.25, 0.3) is 5.69 Å². The third-order valence-electron chi connectivity index (χ3n) is 2.64. The SMILES string of the molecule is O=C(O)c1cc(Cl)cn1-c1ccc2c(c1)OCO2. The molecule has 5 nitrogen and oxygen atoms in total. The number of ether oxygens (including phenoxy) is 2. The van der Waals surface area contributed by atoms with Crippen LogP contribution in [0.15, 0.2) is 30.5 Å². The lowest BCUT2D eigenvalue weighted by Gasteiger charge is -2.06. The van der Waals surface area contributed by atoms with Gasteiger partial charge in [-0.25, -0.2) is 4.79 Å². The zero-order valence-electron chi connectivity index (χ0n) is 9.09. The van der Waals surface area contributed by atoms with Crippen molar-refractivity contribution in [3.05, 3.63) is 41.2 Å². The summed E-state index contributed by atoms with van der Waals surface area (Å²) >= 11 is 5.84. The predicted molar refractivity (Wildman–Crippen MR) is 63.9 cm³/mol. The highest BCUT2D eigenvalue weighted by Crippen LogP contribution is 2.34. The number of carboxylic acids is 1. The predicted octanol–water partition coefficient (Wildman–Crippen LogP) is 2.56. The lowest BCUT2D eigenvalue weighted by Crippen LogP contribution is -2.05. The molecule has 0 bridgehead atoms. The Kier molecular flexibility index (Phi) is 2.41. The van der Waals surface area contributed by atoms with E-state index in [-0.39, 0.29) is 12.5 Å². The van der Waals surface area contributed by atoms with Crippen LogP contribution >= 0.6 is 11.6 Å². The fourth-order valence-corrected chi connectivity index (χ4v) is 2.04. The van der Waals surface area contributed by atoms with Crippen LogP contribution in [0.3, 0.4) is 0 Å².